The molecule has 1 saturated heterocycles. The van der Waals surface area contributed by atoms with Crippen molar-refractivity contribution in [3.8, 4) is 0 Å². The summed E-state index contributed by atoms with van der Waals surface area (Å²) in [6.45, 7) is 1.90. The number of halogens is 1. The van der Waals surface area contributed by atoms with Crippen molar-refractivity contribution in [3.63, 3.8) is 0 Å². The van der Waals surface area contributed by atoms with E-state index in [0.717, 1.165) is 18.4 Å². The largest absolute Gasteiger partial charge is 0.274 e. The second-order valence-electron chi connectivity index (χ2n) is 6.28. The van der Waals surface area contributed by atoms with Crippen LogP contribution < -0.4 is 4.90 Å². The first kappa shape index (κ1) is 13.1. The van der Waals surface area contributed by atoms with E-state index < -0.39 is 0 Å². The molecule has 1 heterocycles. The summed E-state index contributed by atoms with van der Waals surface area (Å²) in [5, 5.41) is 0.548. The lowest BCUT2D eigenvalue weighted by atomic mass is 9.63. The second-order valence-corrected chi connectivity index (χ2v) is 6.72. The highest BCUT2D eigenvalue weighted by atomic mass is 35.5. The molecular formula is C17H16ClNO2. The summed E-state index contributed by atoms with van der Waals surface area (Å²) in [7, 11) is 0. The molecule has 2 fully saturated rings. The van der Waals surface area contributed by atoms with Crippen LogP contribution in [0.3, 0.4) is 0 Å². The normalized spacial score (nSPS) is 33.7. The van der Waals surface area contributed by atoms with Crippen molar-refractivity contribution in [1.82, 2.24) is 0 Å². The molecule has 2 amide bonds. The maximum Gasteiger partial charge on any atom is 0.238 e. The highest BCUT2D eigenvalue weighted by Crippen LogP contribution is 2.50. The minimum absolute atomic E-state index is 0.0468. The van der Waals surface area contributed by atoms with E-state index >= 15 is 0 Å². The van der Waals surface area contributed by atoms with E-state index in [2.05, 4.69) is 12.2 Å². The molecule has 4 atom stereocenters. The molecule has 1 aliphatic heterocycles. The Morgan fingerprint density at radius 2 is 1.62 bits per heavy atom. The maximum absolute atomic E-state index is 12.8. The van der Waals surface area contributed by atoms with Gasteiger partial charge in [-0.1, -0.05) is 29.8 Å². The first-order valence-corrected chi connectivity index (χ1v) is 7.78. The van der Waals surface area contributed by atoms with Gasteiger partial charge in [0.25, 0.3) is 0 Å². The molecule has 3 aliphatic carbocycles. The summed E-state index contributed by atoms with van der Waals surface area (Å²) in [5.41, 5.74) is 1.55. The van der Waals surface area contributed by atoms with Crippen molar-refractivity contribution < 1.29 is 9.59 Å². The van der Waals surface area contributed by atoms with Crippen LogP contribution in [-0.2, 0) is 9.59 Å². The molecule has 0 radical (unpaired) electrons. The van der Waals surface area contributed by atoms with Gasteiger partial charge in [-0.15, -0.1) is 0 Å². The number of hydrogen-bond acceptors (Lipinski definition) is 2. The maximum atomic E-state index is 12.8. The monoisotopic (exact) mass is 301 g/mol. The van der Waals surface area contributed by atoms with E-state index in [-0.39, 0.29) is 35.5 Å². The molecule has 0 N–H and O–H groups in total. The smallest absolute Gasteiger partial charge is 0.238 e. The van der Waals surface area contributed by atoms with Crippen LogP contribution in [0, 0.1) is 30.6 Å². The third kappa shape index (κ3) is 1.73. The Labute approximate surface area is 128 Å². The first-order valence-electron chi connectivity index (χ1n) is 7.40. The zero-order chi connectivity index (χ0) is 14.7. The SMILES string of the molecule is Cc1ccc(Cl)cc1N1C(=O)[C@@H]2[C@@H](C1=O)[C@H]1C=C[C@H]2CC1. The zero-order valence-corrected chi connectivity index (χ0v) is 12.5. The number of rotatable bonds is 1. The molecule has 1 aromatic carbocycles. The van der Waals surface area contributed by atoms with Gasteiger partial charge in [0, 0.05) is 5.02 Å². The number of carbonyl (C=O) groups is 2. The molecule has 5 rings (SSSR count). The van der Waals surface area contributed by atoms with Gasteiger partial charge in [-0.25, -0.2) is 4.90 Å². The number of nitrogens with zero attached hydrogens (tertiary/aromatic N) is 1. The van der Waals surface area contributed by atoms with Crippen molar-refractivity contribution in [1.29, 1.82) is 0 Å². The molecule has 21 heavy (non-hydrogen) atoms. The highest BCUT2D eigenvalue weighted by molar-refractivity contribution is 6.31. The Morgan fingerprint density at radius 3 is 2.14 bits per heavy atom. The topological polar surface area (TPSA) is 37.4 Å². The Bertz CT molecular complexity index is 649. The summed E-state index contributed by atoms with van der Waals surface area (Å²) >= 11 is 6.05. The number of hydrogen-bond donors (Lipinski definition) is 0. The fourth-order valence-electron chi connectivity index (χ4n) is 4.14. The van der Waals surface area contributed by atoms with Gasteiger partial charge < -0.3 is 0 Å². The van der Waals surface area contributed by atoms with Crippen LogP contribution in [0.4, 0.5) is 5.69 Å². The van der Waals surface area contributed by atoms with Crippen LogP contribution in [-0.4, -0.2) is 11.8 Å². The van der Waals surface area contributed by atoms with E-state index in [4.69, 9.17) is 11.6 Å². The van der Waals surface area contributed by atoms with Crippen molar-refractivity contribution in [2.75, 3.05) is 4.90 Å². The quantitative estimate of drug-likeness (QED) is 0.589. The van der Waals surface area contributed by atoms with Crippen LogP contribution >= 0.6 is 11.6 Å². The Hall–Kier alpha value is -1.61. The average molecular weight is 302 g/mol. The van der Waals surface area contributed by atoms with Crippen LogP contribution in [0.2, 0.25) is 5.02 Å². The second kappa shape index (κ2) is 4.44. The predicted octanol–water partition coefficient (Wildman–Crippen LogP) is 3.35. The number of benzene rings is 1. The minimum atomic E-state index is -0.167. The van der Waals surface area contributed by atoms with Crippen LogP contribution in [0.5, 0.6) is 0 Å². The van der Waals surface area contributed by atoms with Crippen molar-refractivity contribution in [3.05, 3.63) is 40.9 Å². The molecule has 108 valence electrons. The molecule has 0 spiro atoms. The molecule has 0 aromatic heterocycles. The summed E-state index contributed by atoms with van der Waals surface area (Å²) in [6, 6.07) is 5.36. The van der Waals surface area contributed by atoms with Gasteiger partial charge in [-0.2, -0.15) is 0 Å². The molecular weight excluding hydrogens is 286 g/mol. The van der Waals surface area contributed by atoms with Crippen molar-refractivity contribution in [2.45, 2.75) is 19.8 Å². The van der Waals surface area contributed by atoms with E-state index in [9.17, 15) is 9.59 Å². The van der Waals surface area contributed by atoms with Crippen LogP contribution in [0.1, 0.15) is 18.4 Å². The van der Waals surface area contributed by atoms with E-state index in [1.807, 2.05) is 13.0 Å². The number of imide groups is 1. The number of fused-ring (bicyclic) bond motifs is 1. The lowest BCUT2D eigenvalue weighted by Crippen LogP contribution is -2.38. The van der Waals surface area contributed by atoms with Gasteiger partial charge in [0.2, 0.25) is 11.8 Å². The van der Waals surface area contributed by atoms with Gasteiger partial charge in [-0.05, 0) is 49.3 Å². The molecule has 4 aliphatic rings. The third-order valence-electron chi connectivity index (χ3n) is 5.17. The highest BCUT2D eigenvalue weighted by Gasteiger charge is 2.57. The molecule has 3 nitrogen and oxygen atoms in total. The molecule has 4 heteroatoms. The number of allylic oxidation sites excluding steroid dienone is 2. The summed E-state index contributed by atoms with van der Waals surface area (Å²) in [6.07, 6.45) is 6.30. The summed E-state index contributed by atoms with van der Waals surface area (Å²) in [5.74, 6) is 0.0185. The molecule has 2 bridgehead atoms. The minimum Gasteiger partial charge on any atom is -0.274 e. The van der Waals surface area contributed by atoms with Gasteiger partial charge in [0.15, 0.2) is 0 Å². The van der Waals surface area contributed by atoms with E-state index in [1.54, 1.807) is 12.1 Å². The number of carbonyl (C=O) groups excluding carboxylic acids is 2. The average Bonchev–Trinajstić information content (AvgIpc) is 2.77. The van der Waals surface area contributed by atoms with Gasteiger partial charge >= 0.3 is 0 Å². The fourth-order valence-corrected chi connectivity index (χ4v) is 4.30. The Kier molecular flexibility index (Phi) is 2.77. The number of amides is 2. The molecule has 1 saturated carbocycles. The van der Waals surface area contributed by atoms with Gasteiger partial charge in [-0.3, -0.25) is 9.59 Å². The zero-order valence-electron chi connectivity index (χ0n) is 11.8. The first-order chi connectivity index (χ1) is 10.1. The van der Waals surface area contributed by atoms with E-state index in [1.165, 1.54) is 4.90 Å². The van der Waals surface area contributed by atoms with Gasteiger partial charge in [0.1, 0.15) is 0 Å². The standard InChI is InChI=1S/C17H16ClNO2/c1-9-2-7-12(18)8-13(9)19-16(20)14-10-3-4-11(6-5-10)15(14)17(19)21/h2-4,7-8,10-11,14-15H,5-6H2,1H3/t10-,11-,14-,15-/m0/s1. The number of anilines is 1. The van der Waals surface area contributed by atoms with Gasteiger partial charge in [0.05, 0.1) is 17.5 Å². The fraction of sp³-hybridized carbons (Fsp3) is 0.412. The van der Waals surface area contributed by atoms with Crippen molar-refractivity contribution in [2.24, 2.45) is 23.7 Å². The lowest BCUT2D eigenvalue weighted by Gasteiger charge is -2.38. The third-order valence-corrected chi connectivity index (χ3v) is 5.41. The summed E-state index contributed by atoms with van der Waals surface area (Å²) in [4.78, 5) is 27.0. The number of aryl methyl sites for hydroxylation is 1. The van der Waals surface area contributed by atoms with Crippen molar-refractivity contribution >= 4 is 29.1 Å². The molecule has 1 aromatic rings. The molecule has 0 unspecified atom stereocenters. The Morgan fingerprint density at radius 1 is 1.05 bits per heavy atom. The lowest BCUT2D eigenvalue weighted by molar-refractivity contribution is -0.124. The van der Waals surface area contributed by atoms with E-state index in [0.29, 0.717) is 10.7 Å². The van der Waals surface area contributed by atoms with Crippen LogP contribution in [0.25, 0.3) is 0 Å². The Balaban J connectivity index is 1.80. The summed E-state index contributed by atoms with van der Waals surface area (Å²) < 4.78 is 0. The predicted molar refractivity (Wildman–Crippen MR) is 81.0 cm³/mol. The van der Waals surface area contributed by atoms with Crippen LogP contribution in [0.15, 0.2) is 30.4 Å².